The Kier molecular flexibility index (Phi) is 6.94. The molecule has 0 atom stereocenters. The van der Waals surface area contributed by atoms with Crippen molar-refractivity contribution in [3.8, 4) is 17.0 Å². The van der Waals surface area contributed by atoms with Crippen molar-refractivity contribution in [2.75, 3.05) is 56.9 Å². The topological polar surface area (TPSA) is 87.5 Å². The molecule has 2 heterocycles. The average Bonchev–Trinajstić information content (AvgIpc) is 3.23. The van der Waals surface area contributed by atoms with Crippen molar-refractivity contribution >= 4 is 39.8 Å². The summed E-state index contributed by atoms with van der Waals surface area (Å²) in [5.74, 6) is 0.336. The lowest BCUT2D eigenvalue weighted by Crippen LogP contribution is -2.29. The zero-order valence-corrected chi connectivity index (χ0v) is 21.7. The molecule has 9 nitrogen and oxygen atoms in total. The molecule has 9 heteroatoms. The van der Waals surface area contributed by atoms with E-state index >= 15 is 0 Å². The first-order chi connectivity index (χ1) is 18.7. The maximum absolute atomic E-state index is 12.5. The van der Waals surface area contributed by atoms with Crippen molar-refractivity contribution in [2.45, 2.75) is 0 Å². The van der Waals surface area contributed by atoms with Crippen molar-refractivity contribution in [1.29, 1.82) is 0 Å². The quantitative estimate of drug-likeness (QED) is 0.309. The van der Waals surface area contributed by atoms with Crippen molar-refractivity contribution in [3.05, 3.63) is 67.5 Å². The molecular formula is C28H33N7O2. The smallest absolute Gasteiger partial charge is 0.247 e. The first-order valence-electron chi connectivity index (χ1n) is 12.8. The van der Waals surface area contributed by atoms with Crippen LogP contribution in [0.1, 0.15) is 2.74 Å². The summed E-state index contributed by atoms with van der Waals surface area (Å²) in [6.45, 7) is 0.908. The zero-order chi connectivity index (χ0) is 28.1. The van der Waals surface area contributed by atoms with Crippen LogP contribution in [-0.2, 0) is 11.8 Å². The van der Waals surface area contributed by atoms with Crippen LogP contribution >= 0.6 is 0 Å². The number of aromatic nitrogens is 3. The summed E-state index contributed by atoms with van der Waals surface area (Å²) in [7, 11) is 9.49. The number of likely N-dealkylation sites (N-methyl/N-ethyl adjacent to an activating group) is 2. The van der Waals surface area contributed by atoms with Gasteiger partial charge in [-0.3, -0.25) is 4.79 Å². The van der Waals surface area contributed by atoms with Crippen LogP contribution in [0.2, 0.25) is 0 Å². The molecule has 0 aliphatic rings. The minimum absolute atomic E-state index is 0.365. The number of carbonyl (C=O) groups excluding carboxylic acids is 1. The van der Waals surface area contributed by atoms with E-state index in [0.29, 0.717) is 29.6 Å². The molecule has 0 saturated carbocycles. The number of ether oxygens (including phenoxy) is 1. The predicted molar refractivity (Wildman–Crippen MR) is 151 cm³/mol. The summed E-state index contributed by atoms with van der Waals surface area (Å²) >= 11 is 0. The van der Waals surface area contributed by atoms with Gasteiger partial charge in [-0.25, -0.2) is 9.97 Å². The third kappa shape index (κ3) is 5.73. The largest absolute Gasteiger partial charge is 0.494 e. The molecule has 1 amide bonds. The third-order valence-electron chi connectivity index (χ3n) is 6.08. The van der Waals surface area contributed by atoms with E-state index in [4.69, 9.17) is 12.5 Å². The van der Waals surface area contributed by atoms with E-state index in [9.17, 15) is 4.79 Å². The second kappa shape index (κ2) is 11.1. The van der Waals surface area contributed by atoms with Gasteiger partial charge in [0.25, 0.3) is 0 Å². The van der Waals surface area contributed by atoms with Gasteiger partial charge in [-0.05, 0) is 38.4 Å². The molecule has 0 aliphatic heterocycles. The van der Waals surface area contributed by atoms with Gasteiger partial charge in [0, 0.05) is 62.1 Å². The fraction of sp³-hybridized carbons (Fsp3) is 0.250. The molecule has 0 aliphatic carbocycles. The molecule has 0 bridgehead atoms. The van der Waals surface area contributed by atoms with Gasteiger partial charge in [0.2, 0.25) is 11.9 Å². The molecule has 192 valence electrons. The SMILES string of the molecule is [2H]C([2H])=CC(=O)Nc1cc(Nc2nccc(-c3cn(C)c4ccccc34)n2)c(OC)cc1N(C)CCN(C)C. The summed E-state index contributed by atoms with van der Waals surface area (Å²) in [5, 5.41) is 7.13. The van der Waals surface area contributed by atoms with Crippen LogP contribution in [0.15, 0.2) is 67.5 Å². The van der Waals surface area contributed by atoms with Gasteiger partial charge in [0.05, 0.1) is 32.6 Å². The highest BCUT2D eigenvalue weighted by Gasteiger charge is 2.17. The van der Waals surface area contributed by atoms with E-state index in [1.807, 2.05) is 63.6 Å². The lowest BCUT2D eigenvalue weighted by Gasteiger charge is -2.26. The Morgan fingerprint density at radius 2 is 2.00 bits per heavy atom. The number of fused-ring (bicyclic) bond motifs is 1. The lowest BCUT2D eigenvalue weighted by molar-refractivity contribution is -0.111. The Balaban J connectivity index is 1.72. The van der Waals surface area contributed by atoms with E-state index < -0.39 is 12.4 Å². The van der Waals surface area contributed by atoms with Gasteiger partial charge in [0.15, 0.2) is 0 Å². The number of hydrogen-bond donors (Lipinski definition) is 2. The van der Waals surface area contributed by atoms with Crippen LogP contribution in [0.4, 0.5) is 23.0 Å². The molecule has 4 rings (SSSR count). The van der Waals surface area contributed by atoms with Crippen LogP contribution in [0, 0.1) is 0 Å². The summed E-state index contributed by atoms with van der Waals surface area (Å²) < 4.78 is 22.4. The Morgan fingerprint density at radius 1 is 1.19 bits per heavy atom. The van der Waals surface area contributed by atoms with E-state index in [1.165, 1.54) is 0 Å². The molecule has 2 N–H and O–H groups in total. The molecule has 2 aromatic carbocycles. The molecule has 0 unspecified atom stereocenters. The Labute approximate surface area is 220 Å². The number of amides is 1. The van der Waals surface area contributed by atoms with Crippen molar-refractivity contribution < 1.29 is 12.3 Å². The number of nitrogens with one attached hydrogen (secondary N) is 2. The van der Waals surface area contributed by atoms with Gasteiger partial charge in [0.1, 0.15) is 5.75 Å². The number of anilines is 4. The predicted octanol–water partition coefficient (Wildman–Crippen LogP) is 4.51. The fourth-order valence-electron chi connectivity index (χ4n) is 4.13. The zero-order valence-electron chi connectivity index (χ0n) is 23.7. The molecule has 37 heavy (non-hydrogen) atoms. The normalized spacial score (nSPS) is 11.6. The van der Waals surface area contributed by atoms with Gasteiger partial charge in [-0.1, -0.05) is 24.7 Å². The van der Waals surface area contributed by atoms with Gasteiger partial charge >= 0.3 is 0 Å². The molecule has 4 aromatic rings. The van der Waals surface area contributed by atoms with Crippen LogP contribution < -0.4 is 20.3 Å². The van der Waals surface area contributed by atoms with Crippen LogP contribution in [0.25, 0.3) is 22.2 Å². The second-order valence-electron chi connectivity index (χ2n) is 8.99. The second-order valence-corrected chi connectivity index (χ2v) is 8.99. The van der Waals surface area contributed by atoms with Crippen LogP contribution in [0.5, 0.6) is 5.75 Å². The number of aryl methyl sites for hydroxylation is 1. The van der Waals surface area contributed by atoms with Crippen LogP contribution in [0.3, 0.4) is 0 Å². The molecule has 0 fully saturated rings. The minimum Gasteiger partial charge on any atom is -0.494 e. The summed E-state index contributed by atoms with van der Waals surface area (Å²) in [6.07, 6.45) is 4.65. The number of carbonyl (C=O) groups is 1. The standard InChI is InChI=1S/C28H33N7O2/c1-7-27(36)30-22-16-23(26(37-6)17-25(22)34(4)15-14-33(2)3)32-28-29-13-12-21(31-28)20-18-35(5)24-11-9-8-10-19(20)24/h7-13,16-18H,1,14-15H2,2-6H3,(H,30,36)(H,29,31,32)/i1D2. The van der Waals surface area contributed by atoms with Gasteiger partial charge < -0.3 is 29.7 Å². The van der Waals surface area contributed by atoms with Crippen LogP contribution in [-0.4, -0.2) is 66.7 Å². The Morgan fingerprint density at radius 3 is 2.76 bits per heavy atom. The lowest BCUT2D eigenvalue weighted by atomic mass is 10.1. The van der Waals surface area contributed by atoms with E-state index in [2.05, 4.69) is 37.2 Å². The number of methoxy groups -OCH3 is 1. The fourth-order valence-corrected chi connectivity index (χ4v) is 4.13. The Bertz CT molecular complexity index is 1510. The molecule has 2 aromatic heterocycles. The molecular weight excluding hydrogens is 466 g/mol. The first-order valence-corrected chi connectivity index (χ1v) is 11.8. The number of benzene rings is 2. The van der Waals surface area contributed by atoms with Crippen molar-refractivity contribution in [2.24, 2.45) is 7.05 Å². The molecule has 0 spiro atoms. The minimum atomic E-state index is -0.583. The van der Waals surface area contributed by atoms with Gasteiger partial charge in [-0.2, -0.15) is 0 Å². The summed E-state index contributed by atoms with van der Waals surface area (Å²) in [6, 6.07) is 13.6. The van der Waals surface area contributed by atoms with Crippen molar-refractivity contribution in [3.63, 3.8) is 0 Å². The highest BCUT2D eigenvalue weighted by atomic mass is 16.5. The third-order valence-corrected chi connectivity index (χ3v) is 6.08. The monoisotopic (exact) mass is 501 g/mol. The average molecular weight is 502 g/mol. The maximum Gasteiger partial charge on any atom is 0.247 e. The maximum atomic E-state index is 12.5. The number of hydrogen-bond acceptors (Lipinski definition) is 7. The number of para-hydroxylation sites is 1. The molecule has 0 saturated heterocycles. The van der Waals surface area contributed by atoms with Crippen molar-refractivity contribution in [1.82, 2.24) is 19.4 Å². The summed E-state index contributed by atoms with van der Waals surface area (Å²) in [5.41, 5.74) is 4.63. The van der Waals surface area contributed by atoms with Gasteiger partial charge in [-0.15, -0.1) is 0 Å². The number of nitrogens with zero attached hydrogens (tertiary/aromatic N) is 5. The highest BCUT2D eigenvalue weighted by Crippen LogP contribution is 2.38. The Hall–Kier alpha value is -4.37. The summed E-state index contributed by atoms with van der Waals surface area (Å²) in [4.78, 5) is 25.7. The first kappa shape index (κ1) is 23.1. The van der Waals surface area contributed by atoms with E-state index in [1.54, 1.807) is 19.4 Å². The highest BCUT2D eigenvalue weighted by molar-refractivity contribution is 6.02. The van der Waals surface area contributed by atoms with E-state index in [-0.39, 0.29) is 0 Å². The number of rotatable bonds is 10. The van der Waals surface area contributed by atoms with E-state index in [0.717, 1.165) is 40.5 Å². The molecule has 0 radical (unpaired) electrons.